The second kappa shape index (κ2) is 6.60. The Morgan fingerprint density at radius 2 is 1.95 bits per heavy atom. The van der Waals surface area contributed by atoms with E-state index >= 15 is 0 Å². The zero-order valence-corrected chi connectivity index (χ0v) is 11.6. The summed E-state index contributed by atoms with van der Waals surface area (Å²) in [6.07, 6.45) is 0.0628. The Morgan fingerprint density at radius 1 is 1.16 bits per heavy atom. The molecule has 3 heteroatoms. The number of ether oxygens (including phenoxy) is 1. The minimum Gasteiger partial charge on any atom is -0.491 e. The third-order valence-corrected chi connectivity index (χ3v) is 3.19. The summed E-state index contributed by atoms with van der Waals surface area (Å²) in [4.78, 5) is 0. The van der Waals surface area contributed by atoms with Gasteiger partial charge in [-0.3, -0.25) is 0 Å². The minimum absolute atomic E-state index is 0.259. The fourth-order valence-electron chi connectivity index (χ4n) is 1.90. The summed E-state index contributed by atoms with van der Waals surface area (Å²) in [5.74, 6) is 0.677. The van der Waals surface area contributed by atoms with Crippen LogP contribution < -0.4 is 4.74 Å². The largest absolute Gasteiger partial charge is 0.491 e. The molecule has 0 saturated carbocycles. The van der Waals surface area contributed by atoms with Crippen LogP contribution in [-0.2, 0) is 6.42 Å². The molecule has 0 aromatic heterocycles. The first-order valence-corrected chi connectivity index (χ1v) is 6.64. The molecule has 1 N–H and O–H groups in total. The van der Waals surface area contributed by atoms with Crippen LogP contribution in [-0.4, -0.2) is 17.8 Å². The molecule has 0 radical (unpaired) electrons. The SMILES string of the molecule is Cc1ccccc1CC(O)COc1cccc(Cl)c1. The predicted octanol–water partition coefficient (Wildman–Crippen LogP) is 3.63. The van der Waals surface area contributed by atoms with Gasteiger partial charge in [-0.1, -0.05) is 41.9 Å². The molecule has 2 aromatic rings. The van der Waals surface area contributed by atoms with Crippen molar-refractivity contribution in [2.24, 2.45) is 0 Å². The van der Waals surface area contributed by atoms with Gasteiger partial charge < -0.3 is 9.84 Å². The number of benzene rings is 2. The van der Waals surface area contributed by atoms with Gasteiger partial charge >= 0.3 is 0 Å². The first-order valence-electron chi connectivity index (χ1n) is 6.26. The van der Waals surface area contributed by atoms with Crippen LogP contribution >= 0.6 is 11.6 Å². The van der Waals surface area contributed by atoms with E-state index in [4.69, 9.17) is 16.3 Å². The van der Waals surface area contributed by atoms with Crippen molar-refractivity contribution in [2.45, 2.75) is 19.4 Å². The van der Waals surface area contributed by atoms with Gasteiger partial charge in [0.2, 0.25) is 0 Å². The van der Waals surface area contributed by atoms with Crippen molar-refractivity contribution in [3.8, 4) is 5.75 Å². The number of aliphatic hydroxyl groups excluding tert-OH is 1. The van der Waals surface area contributed by atoms with E-state index in [1.54, 1.807) is 12.1 Å². The summed E-state index contributed by atoms with van der Waals surface area (Å²) in [5, 5.41) is 10.6. The third-order valence-electron chi connectivity index (χ3n) is 2.96. The lowest BCUT2D eigenvalue weighted by atomic mass is 10.0. The van der Waals surface area contributed by atoms with Gasteiger partial charge in [0.05, 0.1) is 6.10 Å². The molecule has 0 aliphatic heterocycles. The fraction of sp³-hybridized carbons (Fsp3) is 0.250. The average Bonchev–Trinajstić information content (AvgIpc) is 2.39. The Hall–Kier alpha value is -1.51. The van der Waals surface area contributed by atoms with Gasteiger partial charge in [-0.2, -0.15) is 0 Å². The number of aryl methyl sites for hydroxylation is 1. The van der Waals surface area contributed by atoms with Gasteiger partial charge in [-0.05, 0) is 36.2 Å². The van der Waals surface area contributed by atoms with Crippen LogP contribution in [0.25, 0.3) is 0 Å². The smallest absolute Gasteiger partial charge is 0.120 e. The van der Waals surface area contributed by atoms with Gasteiger partial charge in [0, 0.05) is 11.4 Å². The Balaban J connectivity index is 1.88. The van der Waals surface area contributed by atoms with Crippen molar-refractivity contribution in [3.63, 3.8) is 0 Å². The molecule has 0 bridgehead atoms. The van der Waals surface area contributed by atoms with Gasteiger partial charge in [0.25, 0.3) is 0 Å². The number of hydrogen-bond acceptors (Lipinski definition) is 2. The molecular formula is C16H17ClO2. The van der Waals surface area contributed by atoms with Crippen molar-refractivity contribution in [3.05, 3.63) is 64.7 Å². The number of aliphatic hydroxyl groups is 1. The van der Waals surface area contributed by atoms with Gasteiger partial charge in [0.1, 0.15) is 12.4 Å². The van der Waals surface area contributed by atoms with E-state index in [1.165, 1.54) is 5.56 Å². The van der Waals surface area contributed by atoms with E-state index in [2.05, 4.69) is 0 Å². The summed E-state index contributed by atoms with van der Waals surface area (Å²) in [6, 6.07) is 15.2. The molecule has 2 nitrogen and oxygen atoms in total. The molecule has 0 aliphatic carbocycles. The quantitative estimate of drug-likeness (QED) is 0.904. The lowest BCUT2D eigenvalue weighted by Gasteiger charge is -2.14. The molecular weight excluding hydrogens is 260 g/mol. The van der Waals surface area contributed by atoms with Crippen LogP contribution in [0.15, 0.2) is 48.5 Å². The molecule has 0 amide bonds. The third kappa shape index (κ3) is 4.27. The summed E-state index contributed by atoms with van der Waals surface area (Å²) >= 11 is 5.87. The second-order valence-corrected chi connectivity index (χ2v) is 4.99. The lowest BCUT2D eigenvalue weighted by molar-refractivity contribution is 0.107. The average molecular weight is 277 g/mol. The summed E-state index contributed by atoms with van der Waals surface area (Å²) in [7, 11) is 0. The van der Waals surface area contributed by atoms with E-state index < -0.39 is 6.10 Å². The highest BCUT2D eigenvalue weighted by Crippen LogP contribution is 2.17. The highest BCUT2D eigenvalue weighted by molar-refractivity contribution is 6.30. The molecule has 2 aromatic carbocycles. The van der Waals surface area contributed by atoms with E-state index in [-0.39, 0.29) is 6.61 Å². The van der Waals surface area contributed by atoms with Crippen LogP contribution in [0.4, 0.5) is 0 Å². The monoisotopic (exact) mass is 276 g/mol. The van der Waals surface area contributed by atoms with E-state index in [1.807, 2.05) is 43.3 Å². The Kier molecular flexibility index (Phi) is 4.83. The number of hydrogen-bond donors (Lipinski definition) is 1. The van der Waals surface area contributed by atoms with Crippen LogP contribution in [0.1, 0.15) is 11.1 Å². The molecule has 0 fully saturated rings. The Labute approximate surface area is 118 Å². The highest BCUT2D eigenvalue weighted by atomic mass is 35.5. The fourth-order valence-corrected chi connectivity index (χ4v) is 2.08. The van der Waals surface area contributed by atoms with E-state index in [0.29, 0.717) is 17.2 Å². The molecule has 19 heavy (non-hydrogen) atoms. The number of halogens is 1. The van der Waals surface area contributed by atoms with Crippen LogP contribution in [0.2, 0.25) is 5.02 Å². The topological polar surface area (TPSA) is 29.5 Å². The lowest BCUT2D eigenvalue weighted by Crippen LogP contribution is -2.20. The normalized spacial score (nSPS) is 12.2. The van der Waals surface area contributed by atoms with E-state index in [0.717, 1.165) is 5.56 Å². The molecule has 2 rings (SSSR count). The highest BCUT2D eigenvalue weighted by Gasteiger charge is 2.08. The maximum atomic E-state index is 10.00. The maximum Gasteiger partial charge on any atom is 0.120 e. The molecule has 1 atom stereocenters. The van der Waals surface area contributed by atoms with Crippen LogP contribution in [0, 0.1) is 6.92 Å². The van der Waals surface area contributed by atoms with Crippen molar-refractivity contribution in [1.29, 1.82) is 0 Å². The molecule has 1 unspecified atom stereocenters. The molecule has 100 valence electrons. The van der Waals surface area contributed by atoms with Crippen molar-refractivity contribution in [1.82, 2.24) is 0 Å². The number of rotatable bonds is 5. The maximum absolute atomic E-state index is 10.00. The van der Waals surface area contributed by atoms with Gasteiger partial charge in [0.15, 0.2) is 0 Å². The van der Waals surface area contributed by atoms with Gasteiger partial charge in [-0.25, -0.2) is 0 Å². The minimum atomic E-state index is -0.528. The zero-order chi connectivity index (χ0) is 13.7. The first kappa shape index (κ1) is 13.9. The molecule has 0 saturated heterocycles. The van der Waals surface area contributed by atoms with E-state index in [9.17, 15) is 5.11 Å². The zero-order valence-electron chi connectivity index (χ0n) is 10.8. The summed E-state index contributed by atoms with van der Waals surface area (Å²) < 4.78 is 5.53. The molecule has 0 spiro atoms. The van der Waals surface area contributed by atoms with Crippen LogP contribution in [0.3, 0.4) is 0 Å². The van der Waals surface area contributed by atoms with Crippen molar-refractivity contribution < 1.29 is 9.84 Å². The Morgan fingerprint density at radius 3 is 2.68 bits per heavy atom. The van der Waals surface area contributed by atoms with Crippen molar-refractivity contribution >= 4 is 11.6 Å². The molecule has 0 heterocycles. The second-order valence-electron chi connectivity index (χ2n) is 4.55. The summed E-state index contributed by atoms with van der Waals surface area (Å²) in [5.41, 5.74) is 2.33. The van der Waals surface area contributed by atoms with Crippen LogP contribution in [0.5, 0.6) is 5.75 Å². The predicted molar refractivity (Wildman–Crippen MR) is 77.8 cm³/mol. The molecule has 0 aliphatic rings. The van der Waals surface area contributed by atoms with Crippen molar-refractivity contribution in [2.75, 3.05) is 6.61 Å². The summed E-state index contributed by atoms with van der Waals surface area (Å²) in [6.45, 7) is 2.30. The standard InChI is InChI=1S/C16H17ClO2/c1-12-5-2-3-6-13(12)9-15(18)11-19-16-8-4-7-14(17)10-16/h2-8,10,15,18H,9,11H2,1H3. The van der Waals surface area contributed by atoms with Gasteiger partial charge in [-0.15, -0.1) is 0 Å². The Bertz CT molecular complexity index is 540. The first-order chi connectivity index (χ1) is 9.15.